The van der Waals surface area contributed by atoms with Crippen LogP contribution in [0, 0.1) is 0 Å². The summed E-state index contributed by atoms with van der Waals surface area (Å²) in [7, 11) is 0. The molecule has 0 saturated heterocycles. The molecule has 0 fully saturated rings. The summed E-state index contributed by atoms with van der Waals surface area (Å²) in [5.74, 6) is 0. The summed E-state index contributed by atoms with van der Waals surface area (Å²) in [5, 5.41) is 0. The molecule has 0 heteroatoms. The molecule has 0 amide bonds. The fourth-order valence-electron chi connectivity index (χ4n) is 3.09. The Hall–Kier alpha value is -0.520. The minimum absolute atomic E-state index is 1.17. The van der Waals surface area contributed by atoms with Crippen LogP contribution in [0.1, 0.15) is 123 Å². The highest BCUT2D eigenvalue weighted by atomic mass is 14.0. The molecule has 0 aliphatic carbocycles. The largest absolute Gasteiger partial charge is 0.0961 e. The average molecular weight is 321 g/mol. The number of unbranched alkanes of at least 4 members (excludes halogenated alkanes) is 16. The molecule has 136 valence electrons. The second-order valence-electron chi connectivity index (χ2n) is 7.34. The van der Waals surface area contributed by atoms with E-state index < -0.39 is 0 Å². The second-order valence-corrected chi connectivity index (χ2v) is 7.34. The Kier molecular flexibility index (Phi) is 19.1. The van der Waals surface area contributed by atoms with Crippen molar-refractivity contribution in [2.24, 2.45) is 0 Å². The first kappa shape index (κ1) is 22.5. The van der Waals surface area contributed by atoms with Crippen LogP contribution in [0.3, 0.4) is 0 Å². The third-order valence-corrected chi connectivity index (χ3v) is 4.63. The monoisotopic (exact) mass is 320 g/mol. The third-order valence-electron chi connectivity index (χ3n) is 4.63. The van der Waals surface area contributed by atoms with Crippen molar-refractivity contribution in [2.45, 2.75) is 123 Å². The summed E-state index contributed by atoms with van der Waals surface area (Å²) in [5.41, 5.74) is 1.17. The summed E-state index contributed by atoms with van der Waals surface area (Å²) in [6.07, 6.45) is 28.8. The van der Waals surface area contributed by atoms with E-state index >= 15 is 0 Å². The van der Waals surface area contributed by atoms with Gasteiger partial charge in [-0.1, -0.05) is 128 Å². The van der Waals surface area contributed by atoms with Crippen molar-refractivity contribution in [3.63, 3.8) is 0 Å². The normalized spacial score (nSPS) is 11.4. The fraction of sp³-hybridized carbons (Fsp3) is 0.826. The molecule has 0 spiro atoms. The molecule has 0 aliphatic heterocycles. The first-order chi connectivity index (χ1) is 11.3. The van der Waals surface area contributed by atoms with Gasteiger partial charge in [-0.15, -0.1) is 0 Å². The van der Waals surface area contributed by atoms with E-state index in [0.29, 0.717) is 0 Å². The van der Waals surface area contributed by atoms with E-state index in [1.165, 1.54) is 115 Å². The zero-order valence-electron chi connectivity index (χ0n) is 16.4. The first-order valence-electron chi connectivity index (χ1n) is 10.6. The van der Waals surface area contributed by atoms with Gasteiger partial charge in [-0.25, -0.2) is 0 Å². The van der Waals surface area contributed by atoms with E-state index in [1.807, 2.05) is 0 Å². The quantitative estimate of drug-likeness (QED) is 0.175. The highest BCUT2D eigenvalue weighted by Crippen LogP contribution is 2.14. The first-order valence-corrected chi connectivity index (χ1v) is 10.6. The summed E-state index contributed by atoms with van der Waals surface area (Å²) in [6.45, 7) is 8.24. The maximum atomic E-state index is 3.88. The van der Waals surface area contributed by atoms with Gasteiger partial charge in [-0.3, -0.25) is 0 Å². The van der Waals surface area contributed by atoms with E-state index in [1.54, 1.807) is 0 Å². The summed E-state index contributed by atoms with van der Waals surface area (Å²) in [4.78, 5) is 0. The number of allylic oxidation sites excluding steroid dienone is 3. The minimum Gasteiger partial charge on any atom is -0.0961 e. The van der Waals surface area contributed by atoms with E-state index in [-0.39, 0.29) is 0 Å². The molecule has 0 heterocycles. The van der Waals surface area contributed by atoms with Crippen LogP contribution in [0.15, 0.2) is 24.3 Å². The lowest BCUT2D eigenvalue weighted by atomic mass is 10.0. The van der Waals surface area contributed by atoms with E-state index in [4.69, 9.17) is 0 Å². The Labute approximate surface area is 147 Å². The van der Waals surface area contributed by atoms with E-state index in [0.717, 1.165) is 0 Å². The molecule has 0 atom stereocenters. The predicted molar refractivity (Wildman–Crippen MR) is 108 cm³/mol. The van der Waals surface area contributed by atoms with Crippen molar-refractivity contribution in [3.8, 4) is 0 Å². The molecule has 0 aromatic heterocycles. The van der Waals surface area contributed by atoms with Crippen LogP contribution < -0.4 is 0 Å². The minimum atomic E-state index is 1.17. The van der Waals surface area contributed by atoms with Crippen LogP contribution in [-0.2, 0) is 0 Å². The smallest absolute Gasteiger partial charge is 0.0348 e. The van der Waals surface area contributed by atoms with Crippen molar-refractivity contribution in [2.75, 3.05) is 0 Å². The maximum absolute atomic E-state index is 3.88. The third kappa shape index (κ3) is 21.5. The van der Waals surface area contributed by atoms with Crippen LogP contribution >= 0.6 is 0 Å². The molecule has 0 N–H and O–H groups in total. The van der Waals surface area contributed by atoms with Gasteiger partial charge in [0.25, 0.3) is 0 Å². The van der Waals surface area contributed by atoms with Gasteiger partial charge in [0, 0.05) is 0 Å². The lowest BCUT2D eigenvalue weighted by Crippen LogP contribution is -1.83. The molecule has 0 aromatic carbocycles. The van der Waals surface area contributed by atoms with Crippen LogP contribution in [0.25, 0.3) is 0 Å². The molecule has 0 aromatic rings. The van der Waals surface area contributed by atoms with Crippen molar-refractivity contribution in [3.05, 3.63) is 24.3 Å². The topological polar surface area (TPSA) is 0 Å². The van der Waals surface area contributed by atoms with Crippen LogP contribution in [0.5, 0.6) is 0 Å². The lowest BCUT2D eigenvalue weighted by molar-refractivity contribution is 0.530. The Morgan fingerprint density at radius 1 is 0.609 bits per heavy atom. The Morgan fingerprint density at radius 2 is 0.957 bits per heavy atom. The van der Waals surface area contributed by atoms with Crippen molar-refractivity contribution >= 4 is 0 Å². The van der Waals surface area contributed by atoms with Gasteiger partial charge >= 0.3 is 0 Å². The average Bonchev–Trinajstić information content (AvgIpc) is 2.53. The lowest BCUT2D eigenvalue weighted by Gasteiger charge is -2.03. The summed E-state index contributed by atoms with van der Waals surface area (Å²) in [6, 6.07) is 0. The predicted octanol–water partition coefficient (Wildman–Crippen LogP) is 8.77. The molecular weight excluding hydrogens is 276 g/mol. The van der Waals surface area contributed by atoms with Gasteiger partial charge < -0.3 is 0 Å². The molecule has 0 bridgehead atoms. The molecule has 0 aliphatic rings. The molecule has 23 heavy (non-hydrogen) atoms. The SMILES string of the molecule is C=C(C)/C=C/CCCCCCCCCCCCCCCCCC. The van der Waals surface area contributed by atoms with Crippen LogP contribution in [0.4, 0.5) is 0 Å². The summed E-state index contributed by atoms with van der Waals surface area (Å²) >= 11 is 0. The molecule has 0 nitrogen and oxygen atoms in total. The molecule has 0 rings (SSSR count). The van der Waals surface area contributed by atoms with Gasteiger partial charge in [-0.2, -0.15) is 0 Å². The summed E-state index contributed by atoms with van der Waals surface area (Å²) < 4.78 is 0. The van der Waals surface area contributed by atoms with E-state index in [9.17, 15) is 0 Å². The second kappa shape index (κ2) is 19.5. The zero-order chi connectivity index (χ0) is 17.0. The number of hydrogen-bond acceptors (Lipinski definition) is 0. The van der Waals surface area contributed by atoms with E-state index in [2.05, 4.69) is 32.6 Å². The molecule has 0 saturated carbocycles. The van der Waals surface area contributed by atoms with Crippen molar-refractivity contribution in [1.29, 1.82) is 0 Å². The Morgan fingerprint density at radius 3 is 1.30 bits per heavy atom. The van der Waals surface area contributed by atoms with Crippen LogP contribution in [0.2, 0.25) is 0 Å². The van der Waals surface area contributed by atoms with Gasteiger partial charge in [0.15, 0.2) is 0 Å². The zero-order valence-corrected chi connectivity index (χ0v) is 16.4. The highest BCUT2D eigenvalue weighted by molar-refractivity contribution is 5.10. The highest BCUT2D eigenvalue weighted by Gasteiger charge is 1.94. The number of hydrogen-bond donors (Lipinski definition) is 0. The Balaban J connectivity index is 3.01. The van der Waals surface area contributed by atoms with Crippen molar-refractivity contribution in [1.82, 2.24) is 0 Å². The van der Waals surface area contributed by atoms with Gasteiger partial charge in [0.2, 0.25) is 0 Å². The van der Waals surface area contributed by atoms with Gasteiger partial charge in [-0.05, 0) is 19.8 Å². The standard InChI is InChI=1S/C23H44/c1-4-5-6-7-8-9-10-11-12-13-14-15-16-17-18-19-20-21-22-23(2)3/h21-22H,2,4-20H2,1,3H3/b22-21+. The molecule has 0 radical (unpaired) electrons. The molecular formula is C23H44. The van der Waals surface area contributed by atoms with Crippen molar-refractivity contribution < 1.29 is 0 Å². The number of rotatable bonds is 18. The van der Waals surface area contributed by atoms with Crippen LogP contribution in [-0.4, -0.2) is 0 Å². The maximum Gasteiger partial charge on any atom is -0.0348 e. The Bertz CT molecular complexity index is 261. The molecule has 0 unspecified atom stereocenters. The van der Waals surface area contributed by atoms with Gasteiger partial charge in [0.1, 0.15) is 0 Å². The fourth-order valence-corrected chi connectivity index (χ4v) is 3.09. The van der Waals surface area contributed by atoms with Gasteiger partial charge in [0.05, 0.1) is 0 Å².